The number of rotatable bonds is 6. The summed E-state index contributed by atoms with van der Waals surface area (Å²) in [6.45, 7) is 9.86. The van der Waals surface area contributed by atoms with Crippen molar-refractivity contribution in [1.82, 2.24) is 0 Å². The fourth-order valence-corrected chi connectivity index (χ4v) is 1.59. The van der Waals surface area contributed by atoms with E-state index < -0.39 is 5.60 Å². The molecule has 2 heteroatoms. The Morgan fingerprint density at radius 2 is 1.94 bits per heavy atom. The van der Waals surface area contributed by atoms with Gasteiger partial charge in [-0.15, -0.1) is 6.58 Å². The van der Waals surface area contributed by atoms with Crippen molar-refractivity contribution in [2.75, 3.05) is 0 Å². The number of benzene rings is 1. The smallest absolute Gasteiger partial charge is 0.0810 e. The molecule has 1 aromatic carbocycles. The van der Waals surface area contributed by atoms with Gasteiger partial charge in [0, 0.05) is 5.92 Å². The molecule has 1 N–H and O–H groups in total. The van der Waals surface area contributed by atoms with Gasteiger partial charge in [0.1, 0.15) is 0 Å². The zero-order chi connectivity index (χ0) is 12.9. The van der Waals surface area contributed by atoms with Gasteiger partial charge in [0.25, 0.3) is 0 Å². The number of hydrogen-bond donors (Lipinski definition) is 1. The molecule has 0 fully saturated rings. The maximum Gasteiger partial charge on any atom is 0.0810 e. The number of aliphatic hydroxyl groups is 1. The van der Waals surface area contributed by atoms with Gasteiger partial charge in [-0.2, -0.15) is 0 Å². The molecule has 0 aliphatic heterocycles. The Morgan fingerprint density at radius 1 is 1.35 bits per heavy atom. The molecule has 0 aliphatic rings. The zero-order valence-electron chi connectivity index (χ0n) is 10.9. The lowest BCUT2D eigenvalue weighted by Crippen LogP contribution is -2.37. The summed E-state index contributed by atoms with van der Waals surface area (Å²) in [5.41, 5.74) is 0.359. The standard InChI is InChI=1S/C15H22O2/c1-5-14(12(2)15(3,4)16)17-11-13-9-7-6-8-10-13/h5-10,12,14,16H,1,11H2,2-4H3. The van der Waals surface area contributed by atoms with E-state index in [2.05, 4.69) is 6.58 Å². The first-order valence-corrected chi connectivity index (χ1v) is 5.95. The minimum Gasteiger partial charge on any atom is -0.390 e. The molecular formula is C15H22O2. The molecule has 2 atom stereocenters. The van der Waals surface area contributed by atoms with Gasteiger partial charge in [0.05, 0.1) is 18.3 Å². The molecule has 94 valence electrons. The molecule has 0 saturated heterocycles. The van der Waals surface area contributed by atoms with Crippen LogP contribution in [0.3, 0.4) is 0 Å². The lowest BCUT2D eigenvalue weighted by molar-refractivity contribution is -0.0553. The Labute approximate surface area is 104 Å². The van der Waals surface area contributed by atoms with Crippen LogP contribution in [0, 0.1) is 5.92 Å². The van der Waals surface area contributed by atoms with Gasteiger partial charge in [-0.25, -0.2) is 0 Å². The second-order valence-corrected chi connectivity index (χ2v) is 4.94. The van der Waals surface area contributed by atoms with Crippen molar-refractivity contribution in [2.45, 2.75) is 39.1 Å². The molecule has 0 aliphatic carbocycles. The third kappa shape index (κ3) is 4.33. The van der Waals surface area contributed by atoms with Gasteiger partial charge in [-0.1, -0.05) is 43.3 Å². The third-order valence-corrected chi connectivity index (χ3v) is 3.12. The predicted octanol–water partition coefficient (Wildman–Crippen LogP) is 3.16. The molecule has 2 unspecified atom stereocenters. The summed E-state index contributed by atoms with van der Waals surface area (Å²) in [5, 5.41) is 9.96. The second kappa shape index (κ2) is 5.99. The normalized spacial score (nSPS) is 15.3. The number of ether oxygens (including phenoxy) is 1. The van der Waals surface area contributed by atoms with E-state index in [1.165, 1.54) is 0 Å². The highest BCUT2D eigenvalue weighted by Crippen LogP contribution is 2.23. The first-order chi connectivity index (χ1) is 7.95. The topological polar surface area (TPSA) is 29.5 Å². The highest BCUT2D eigenvalue weighted by molar-refractivity contribution is 5.13. The monoisotopic (exact) mass is 234 g/mol. The highest BCUT2D eigenvalue weighted by Gasteiger charge is 2.28. The molecule has 0 radical (unpaired) electrons. The zero-order valence-corrected chi connectivity index (χ0v) is 10.9. The summed E-state index contributed by atoms with van der Waals surface area (Å²) in [6, 6.07) is 10.00. The van der Waals surface area contributed by atoms with Gasteiger partial charge in [0.2, 0.25) is 0 Å². The average Bonchev–Trinajstić information content (AvgIpc) is 2.30. The summed E-state index contributed by atoms with van der Waals surface area (Å²) in [5.74, 6) is 0.00344. The van der Waals surface area contributed by atoms with E-state index in [1.54, 1.807) is 19.9 Å². The van der Waals surface area contributed by atoms with Crippen LogP contribution in [0.1, 0.15) is 26.3 Å². The van der Waals surface area contributed by atoms with Crippen molar-refractivity contribution < 1.29 is 9.84 Å². The highest BCUT2D eigenvalue weighted by atomic mass is 16.5. The van der Waals surface area contributed by atoms with E-state index in [-0.39, 0.29) is 12.0 Å². The molecule has 0 heterocycles. The van der Waals surface area contributed by atoms with Crippen molar-refractivity contribution in [2.24, 2.45) is 5.92 Å². The summed E-state index contributed by atoms with van der Waals surface area (Å²) in [4.78, 5) is 0. The van der Waals surface area contributed by atoms with E-state index in [0.717, 1.165) is 5.56 Å². The van der Waals surface area contributed by atoms with Crippen LogP contribution in [0.15, 0.2) is 43.0 Å². The fraction of sp³-hybridized carbons (Fsp3) is 0.467. The molecule has 1 aromatic rings. The van der Waals surface area contributed by atoms with Gasteiger partial charge in [-0.05, 0) is 19.4 Å². The third-order valence-electron chi connectivity index (χ3n) is 3.12. The summed E-state index contributed by atoms with van der Waals surface area (Å²) >= 11 is 0. The Balaban J connectivity index is 2.57. The molecule has 0 spiro atoms. The average molecular weight is 234 g/mol. The summed E-state index contributed by atoms with van der Waals surface area (Å²) in [6.07, 6.45) is 1.61. The fourth-order valence-electron chi connectivity index (χ4n) is 1.59. The molecule has 17 heavy (non-hydrogen) atoms. The van der Waals surface area contributed by atoms with Gasteiger partial charge in [-0.3, -0.25) is 0 Å². The van der Waals surface area contributed by atoms with E-state index in [4.69, 9.17) is 4.74 Å². The first-order valence-electron chi connectivity index (χ1n) is 5.95. The van der Waals surface area contributed by atoms with Crippen LogP contribution in [-0.2, 0) is 11.3 Å². The van der Waals surface area contributed by atoms with Crippen LogP contribution in [0.2, 0.25) is 0 Å². The summed E-state index contributed by atoms with van der Waals surface area (Å²) < 4.78 is 5.79. The Bertz CT molecular complexity index is 338. The van der Waals surface area contributed by atoms with Crippen molar-refractivity contribution in [1.29, 1.82) is 0 Å². The molecule has 2 nitrogen and oxygen atoms in total. The van der Waals surface area contributed by atoms with Gasteiger partial charge < -0.3 is 9.84 Å². The Hall–Kier alpha value is -1.12. The SMILES string of the molecule is C=CC(OCc1ccccc1)C(C)C(C)(C)O. The molecule has 0 aromatic heterocycles. The van der Waals surface area contributed by atoms with Crippen LogP contribution >= 0.6 is 0 Å². The van der Waals surface area contributed by atoms with Crippen molar-refractivity contribution in [3.63, 3.8) is 0 Å². The van der Waals surface area contributed by atoms with Gasteiger partial charge >= 0.3 is 0 Å². The van der Waals surface area contributed by atoms with Crippen LogP contribution < -0.4 is 0 Å². The minimum absolute atomic E-state index is 0.00344. The van der Waals surface area contributed by atoms with Crippen LogP contribution in [0.4, 0.5) is 0 Å². The first kappa shape index (κ1) is 13.9. The Morgan fingerprint density at radius 3 is 2.41 bits per heavy atom. The maximum absolute atomic E-state index is 9.96. The number of hydrogen-bond acceptors (Lipinski definition) is 2. The molecule has 1 rings (SSSR count). The summed E-state index contributed by atoms with van der Waals surface area (Å²) in [7, 11) is 0. The lowest BCUT2D eigenvalue weighted by atomic mass is 9.88. The predicted molar refractivity (Wildman–Crippen MR) is 70.7 cm³/mol. The van der Waals surface area contributed by atoms with Crippen molar-refractivity contribution in [3.05, 3.63) is 48.6 Å². The van der Waals surface area contributed by atoms with Gasteiger partial charge in [0.15, 0.2) is 0 Å². The molecule has 0 bridgehead atoms. The van der Waals surface area contributed by atoms with Crippen molar-refractivity contribution in [3.8, 4) is 0 Å². The van der Waals surface area contributed by atoms with E-state index >= 15 is 0 Å². The van der Waals surface area contributed by atoms with Crippen LogP contribution in [-0.4, -0.2) is 16.8 Å². The quantitative estimate of drug-likeness (QED) is 0.766. The van der Waals surface area contributed by atoms with Crippen LogP contribution in [0.5, 0.6) is 0 Å². The van der Waals surface area contributed by atoms with Crippen LogP contribution in [0.25, 0.3) is 0 Å². The Kier molecular flexibility index (Phi) is 4.91. The second-order valence-electron chi connectivity index (χ2n) is 4.94. The maximum atomic E-state index is 9.96. The minimum atomic E-state index is -0.768. The molecular weight excluding hydrogens is 212 g/mol. The molecule has 0 saturated carbocycles. The van der Waals surface area contributed by atoms with E-state index in [0.29, 0.717) is 6.61 Å². The van der Waals surface area contributed by atoms with E-state index in [1.807, 2.05) is 37.3 Å². The lowest BCUT2D eigenvalue weighted by Gasteiger charge is -2.31. The largest absolute Gasteiger partial charge is 0.390 e. The van der Waals surface area contributed by atoms with E-state index in [9.17, 15) is 5.11 Å². The van der Waals surface area contributed by atoms with Crippen molar-refractivity contribution >= 4 is 0 Å². The molecule has 0 amide bonds.